The minimum atomic E-state index is -0.941. The monoisotopic (exact) mass is 776 g/mol. The number of oxazole rings is 2. The van der Waals surface area contributed by atoms with Gasteiger partial charge in [-0.1, -0.05) is 53.1 Å². The molecule has 6 rings (SSSR count). The van der Waals surface area contributed by atoms with Gasteiger partial charge in [-0.05, 0) is 81.5 Å². The van der Waals surface area contributed by atoms with Gasteiger partial charge in [-0.15, -0.1) is 0 Å². The summed E-state index contributed by atoms with van der Waals surface area (Å²) in [6.45, 7) is 9.76. The Morgan fingerprint density at radius 1 is 0.661 bits per heavy atom. The summed E-state index contributed by atoms with van der Waals surface area (Å²) in [5.74, 6) is 1.97. The molecular weight excluding hydrogens is 723 g/mol. The SMILES string of the molecule is CCOC(=O)C(Cc1ccc(CCCc2nc(C)oc2C)cc1)n1nccn1.Cc1nc(CCCc2ccc(CC(C(=O)O)n3nccn3)cc2)c(C)o1.OF.[3HH]. The number of carboxylic acid groups (broad SMARTS) is 1. The quantitative estimate of drug-likeness (QED) is 0.0961. The molecular formula is C40H51FN8O7. The Kier molecular flexibility index (Phi) is 16.6. The Balaban J connectivity index is 0.000000288. The number of esters is 1. The lowest BCUT2D eigenvalue weighted by molar-refractivity contribution is -0.148. The summed E-state index contributed by atoms with van der Waals surface area (Å²) in [5, 5.41) is 31.0. The largest absolute Gasteiger partial charge is 0.480 e. The number of carboxylic acids is 1. The summed E-state index contributed by atoms with van der Waals surface area (Å²) in [7, 11) is 0. The number of aliphatic carboxylic acids is 1. The predicted octanol–water partition coefficient (Wildman–Crippen LogP) is 6.44. The van der Waals surface area contributed by atoms with Crippen molar-refractivity contribution in [2.24, 2.45) is 0 Å². The van der Waals surface area contributed by atoms with E-state index in [9.17, 15) is 14.7 Å². The standard InChI is InChI=1S/C21H26N4O3.C19H22N4O3.FHO.H2/c1-4-27-21(26)20(25-22-12-13-23-25)14-18-10-8-17(9-11-18)6-5-7-19-15(2)28-16(3)24-19;1-13-17(22-14(2)26-13)5-3-4-15-6-8-16(9-7-15)12-18(19(24)25)23-20-10-11-21-23;1-2;/h8-13,20H,4-7,14H2,1-3H3;6-11,18H,3-5,12H2,1-2H3,(H,24,25);2H;1H/i;;;1+2. The highest BCUT2D eigenvalue weighted by atomic mass is 19.3. The third-order valence-electron chi connectivity index (χ3n) is 8.94. The second-order valence-corrected chi connectivity index (χ2v) is 13.0. The van der Waals surface area contributed by atoms with E-state index in [2.05, 4.69) is 54.6 Å². The number of halogens is 1. The maximum Gasteiger partial charge on any atom is 0.333 e. The molecule has 4 heterocycles. The molecule has 56 heavy (non-hydrogen) atoms. The zero-order valence-corrected chi connectivity index (χ0v) is 32.3. The van der Waals surface area contributed by atoms with Crippen molar-refractivity contribution >= 4 is 11.9 Å². The van der Waals surface area contributed by atoms with E-state index in [0.29, 0.717) is 25.3 Å². The number of nitrogens with zero attached hydrogens (tertiary/aromatic N) is 8. The van der Waals surface area contributed by atoms with Crippen molar-refractivity contribution in [3.63, 3.8) is 0 Å². The Morgan fingerprint density at radius 3 is 1.39 bits per heavy atom. The molecule has 300 valence electrons. The number of rotatable bonds is 17. The summed E-state index contributed by atoms with van der Waals surface area (Å²) in [6.07, 6.45) is 12.6. The average molecular weight is 777 g/mol. The highest BCUT2D eigenvalue weighted by molar-refractivity contribution is 5.74. The zero-order chi connectivity index (χ0) is 40.5. The van der Waals surface area contributed by atoms with Crippen LogP contribution in [0.25, 0.3) is 0 Å². The van der Waals surface area contributed by atoms with Crippen molar-refractivity contribution in [1.29, 1.82) is 0 Å². The van der Waals surface area contributed by atoms with Crippen molar-refractivity contribution < 1.29 is 39.5 Å². The molecule has 0 aliphatic heterocycles. The van der Waals surface area contributed by atoms with Crippen LogP contribution in [-0.4, -0.2) is 68.9 Å². The molecule has 2 atom stereocenters. The number of aryl methyl sites for hydroxylation is 8. The van der Waals surface area contributed by atoms with Crippen LogP contribution in [0, 0.1) is 27.7 Å². The highest BCUT2D eigenvalue weighted by Crippen LogP contribution is 2.19. The van der Waals surface area contributed by atoms with E-state index in [-0.39, 0.29) is 7.40 Å². The summed E-state index contributed by atoms with van der Waals surface area (Å²) < 4.78 is 24.6. The smallest absolute Gasteiger partial charge is 0.333 e. The molecule has 0 fully saturated rings. The lowest BCUT2D eigenvalue weighted by Gasteiger charge is -2.15. The minimum Gasteiger partial charge on any atom is -0.480 e. The van der Waals surface area contributed by atoms with Crippen LogP contribution >= 0.6 is 0 Å². The molecule has 2 aromatic carbocycles. The number of aromatic nitrogens is 8. The van der Waals surface area contributed by atoms with Crippen LogP contribution in [0.3, 0.4) is 0 Å². The number of ether oxygens (including phenoxy) is 1. The molecule has 0 saturated heterocycles. The van der Waals surface area contributed by atoms with Crippen LogP contribution < -0.4 is 0 Å². The van der Waals surface area contributed by atoms with Crippen LogP contribution in [0.5, 0.6) is 0 Å². The lowest BCUT2D eigenvalue weighted by atomic mass is 10.0. The molecule has 6 aromatic rings. The van der Waals surface area contributed by atoms with Gasteiger partial charge < -0.3 is 18.7 Å². The summed E-state index contributed by atoms with van der Waals surface area (Å²) in [5.41, 5.74) is 6.53. The number of carbonyl (C=O) groups is 2. The molecule has 0 amide bonds. The van der Waals surface area contributed by atoms with Gasteiger partial charge in [0.05, 0.1) is 42.8 Å². The van der Waals surface area contributed by atoms with Gasteiger partial charge in [0.1, 0.15) is 11.5 Å². The average Bonchev–Trinajstić information content (AvgIpc) is 4.02. The van der Waals surface area contributed by atoms with Gasteiger partial charge in [0, 0.05) is 28.1 Å². The fourth-order valence-electron chi connectivity index (χ4n) is 6.20. The number of hydrogen-bond donors (Lipinski definition) is 2. The van der Waals surface area contributed by atoms with Gasteiger partial charge in [0.25, 0.3) is 0 Å². The van der Waals surface area contributed by atoms with Crippen molar-refractivity contribution in [2.75, 3.05) is 6.61 Å². The topological polar surface area (TPSA) is 197 Å². The van der Waals surface area contributed by atoms with Crippen molar-refractivity contribution in [1.82, 2.24) is 40.0 Å². The second kappa shape index (κ2) is 21.8. The van der Waals surface area contributed by atoms with Crippen LogP contribution in [0.2, 0.25) is 0 Å². The number of carbonyl (C=O) groups excluding carboxylic acids is 1. The zero-order valence-electron chi connectivity index (χ0n) is 32.3. The minimum absolute atomic E-state index is 0. The fraction of sp³-hybridized carbons (Fsp3) is 0.400. The molecule has 16 heteroatoms. The van der Waals surface area contributed by atoms with Gasteiger partial charge in [-0.25, -0.2) is 24.9 Å². The van der Waals surface area contributed by atoms with Crippen LogP contribution in [0.15, 0.2) is 82.2 Å². The van der Waals surface area contributed by atoms with E-state index in [1.165, 1.54) is 33.1 Å². The molecule has 0 spiro atoms. The van der Waals surface area contributed by atoms with Crippen molar-refractivity contribution in [3.05, 3.63) is 130 Å². The Bertz CT molecular complexity index is 2050. The molecule has 4 aromatic heterocycles. The third kappa shape index (κ3) is 12.8. The molecule has 0 saturated carbocycles. The first-order valence-corrected chi connectivity index (χ1v) is 18.4. The van der Waals surface area contributed by atoms with E-state index in [4.69, 9.17) is 23.4 Å². The lowest BCUT2D eigenvalue weighted by Crippen LogP contribution is -2.26. The molecule has 0 bridgehead atoms. The molecule has 2 unspecified atom stereocenters. The van der Waals surface area contributed by atoms with E-state index in [1.807, 2.05) is 52.0 Å². The molecule has 0 aliphatic rings. The van der Waals surface area contributed by atoms with Crippen LogP contribution in [0.4, 0.5) is 4.53 Å². The first-order chi connectivity index (χ1) is 27.1. The van der Waals surface area contributed by atoms with E-state index >= 15 is 0 Å². The van der Waals surface area contributed by atoms with Crippen molar-refractivity contribution in [3.8, 4) is 0 Å². The number of benzene rings is 2. The second-order valence-electron chi connectivity index (χ2n) is 13.0. The van der Waals surface area contributed by atoms with Crippen LogP contribution in [-0.2, 0) is 52.9 Å². The molecule has 15 nitrogen and oxygen atoms in total. The first-order valence-electron chi connectivity index (χ1n) is 18.4. The van der Waals surface area contributed by atoms with E-state index < -0.39 is 18.1 Å². The molecule has 0 aliphatic carbocycles. The first kappa shape index (κ1) is 42.7. The Morgan fingerprint density at radius 2 is 1.04 bits per heavy atom. The number of hydrogen-bond acceptors (Lipinski definition) is 12. The Hall–Kier alpha value is -6.03. The summed E-state index contributed by atoms with van der Waals surface area (Å²) >= 11 is 0. The van der Waals surface area contributed by atoms with Crippen molar-refractivity contribution in [2.45, 2.75) is 98.1 Å². The normalized spacial score (nSPS) is 11.8. The van der Waals surface area contributed by atoms with Gasteiger partial charge in [0.15, 0.2) is 23.9 Å². The molecule has 2 N–H and O–H groups in total. The molecule has 0 radical (unpaired) electrons. The fourth-order valence-corrected chi connectivity index (χ4v) is 6.20. The maximum atomic E-state index is 12.3. The van der Waals surface area contributed by atoms with Crippen LogP contribution in [0.1, 0.15) is 90.2 Å². The Labute approximate surface area is 325 Å². The summed E-state index contributed by atoms with van der Waals surface area (Å²) in [6, 6.07) is 15.0. The third-order valence-corrected chi connectivity index (χ3v) is 8.94. The van der Waals surface area contributed by atoms with E-state index in [0.717, 1.165) is 78.5 Å². The van der Waals surface area contributed by atoms with Gasteiger partial charge >= 0.3 is 11.9 Å². The highest BCUT2D eigenvalue weighted by Gasteiger charge is 2.24. The maximum absolute atomic E-state index is 12.3. The van der Waals surface area contributed by atoms with Gasteiger partial charge in [-0.2, -0.15) is 30.0 Å². The van der Waals surface area contributed by atoms with Gasteiger partial charge in [0.2, 0.25) is 0 Å². The predicted molar refractivity (Wildman–Crippen MR) is 204 cm³/mol. The summed E-state index contributed by atoms with van der Waals surface area (Å²) in [4.78, 5) is 35.2. The van der Waals surface area contributed by atoms with Gasteiger partial charge in [-0.3, -0.25) is 0 Å². The van der Waals surface area contributed by atoms with E-state index in [1.54, 1.807) is 19.3 Å².